The first-order valence-corrected chi connectivity index (χ1v) is 7.75. The van der Waals surface area contributed by atoms with Gasteiger partial charge in [-0.15, -0.1) is 0 Å². The van der Waals surface area contributed by atoms with Crippen LogP contribution in [0.15, 0.2) is 36.7 Å². The van der Waals surface area contributed by atoms with Crippen LogP contribution in [0.4, 0.5) is 0 Å². The Morgan fingerprint density at radius 2 is 2.00 bits per heavy atom. The molecule has 0 amide bonds. The molecule has 4 nitrogen and oxygen atoms in total. The zero-order valence-corrected chi connectivity index (χ0v) is 12.7. The van der Waals surface area contributed by atoms with Crippen molar-refractivity contribution < 1.29 is 4.74 Å². The third kappa shape index (κ3) is 3.85. The number of benzene rings is 1. The summed E-state index contributed by atoms with van der Waals surface area (Å²) in [6, 6.07) is 8.25. The fourth-order valence-electron chi connectivity index (χ4n) is 2.81. The molecule has 0 radical (unpaired) electrons. The van der Waals surface area contributed by atoms with E-state index in [1.807, 2.05) is 36.3 Å². The second kappa shape index (κ2) is 6.76. The van der Waals surface area contributed by atoms with E-state index in [1.165, 1.54) is 32.4 Å². The predicted octanol–water partition coefficient (Wildman–Crippen LogP) is 2.95. The number of likely N-dealkylation sites (tertiary alicyclic amines) is 1. The predicted molar refractivity (Wildman–Crippen MR) is 84.4 cm³/mol. The van der Waals surface area contributed by atoms with Crippen LogP contribution in [0.1, 0.15) is 19.3 Å². The van der Waals surface area contributed by atoms with Gasteiger partial charge < -0.3 is 4.74 Å². The summed E-state index contributed by atoms with van der Waals surface area (Å²) in [5.74, 6) is 0.938. The molecule has 2 heterocycles. The van der Waals surface area contributed by atoms with Gasteiger partial charge in [-0.2, -0.15) is 5.10 Å². The van der Waals surface area contributed by atoms with E-state index in [-0.39, 0.29) is 0 Å². The monoisotopic (exact) mass is 285 g/mol. The van der Waals surface area contributed by atoms with E-state index in [2.05, 4.69) is 22.1 Å². The highest BCUT2D eigenvalue weighted by atomic mass is 16.5. The number of ether oxygens (including phenoxy) is 1. The summed E-state index contributed by atoms with van der Waals surface area (Å²) >= 11 is 0. The van der Waals surface area contributed by atoms with E-state index in [1.54, 1.807) is 0 Å². The Hall–Kier alpha value is -1.81. The second-order valence-corrected chi connectivity index (χ2v) is 5.68. The van der Waals surface area contributed by atoms with Crippen LogP contribution in [0.3, 0.4) is 0 Å². The Kier molecular flexibility index (Phi) is 4.55. The van der Waals surface area contributed by atoms with Crippen molar-refractivity contribution in [2.75, 3.05) is 26.2 Å². The van der Waals surface area contributed by atoms with Crippen molar-refractivity contribution in [2.45, 2.75) is 19.3 Å². The maximum absolute atomic E-state index is 5.91. The lowest BCUT2D eigenvalue weighted by molar-refractivity contribution is 0.183. The van der Waals surface area contributed by atoms with Gasteiger partial charge >= 0.3 is 0 Å². The molecule has 1 aromatic heterocycles. The molecule has 112 valence electrons. The third-order valence-electron chi connectivity index (χ3n) is 4.00. The number of piperidine rings is 1. The van der Waals surface area contributed by atoms with Crippen molar-refractivity contribution >= 4 is 0 Å². The first-order chi connectivity index (χ1) is 10.3. The summed E-state index contributed by atoms with van der Waals surface area (Å²) in [5.41, 5.74) is 2.28. The van der Waals surface area contributed by atoms with Crippen molar-refractivity contribution in [1.29, 1.82) is 0 Å². The van der Waals surface area contributed by atoms with Crippen molar-refractivity contribution in [2.24, 2.45) is 7.05 Å². The zero-order chi connectivity index (χ0) is 14.5. The summed E-state index contributed by atoms with van der Waals surface area (Å²) in [7, 11) is 1.93. The van der Waals surface area contributed by atoms with E-state index >= 15 is 0 Å². The van der Waals surface area contributed by atoms with E-state index < -0.39 is 0 Å². The highest BCUT2D eigenvalue weighted by Gasteiger charge is 2.09. The molecule has 0 aliphatic carbocycles. The van der Waals surface area contributed by atoms with E-state index in [9.17, 15) is 0 Å². The van der Waals surface area contributed by atoms with Crippen molar-refractivity contribution in [3.63, 3.8) is 0 Å². The molecule has 0 N–H and O–H groups in total. The molecule has 0 atom stereocenters. The van der Waals surface area contributed by atoms with Crippen LogP contribution in [-0.4, -0.2) is 40.9 Å². The molecule has 1 aromatic carbocycles. The number of nitrogens with zero attached hydrogens (tertiary/aromatic N) is 3. The first-order valence-electron chi connectivity index (χ1n) is 7.75. The topological polar surface area (TPSA) is 30.3 Å². The van der Waals surface area contributed by atoms with Gasteiger partial charge in [0, 0.05) is 25.4 Å². The van der Waals surface area contributed by atoms with Crippen LogP contribution in [0.2, 0.25) is 0 Å². The number of hydrogen-bond donors (Lipinski definition) is 0. The molecule has 2 aromatic rings. The lowest BCUT2D eigenvalue weighted by Crippen LogP contribution is -2.33. The molecule has 0 unspecified atom stereocenters. The first kappa shape index (κ1) is 14.1. The van der Waals surface area contributed by atoms with Crippen molar-refractivity contribution in [3.8, 4) is 16.9 Å². The molecule has 0 spiro atoms. The minimum absolute atomic E-state index is 0.760. The lowest BCUT2D eigenvalue weighted by atomic mass is 10.1. The molecule has 1 fully saturated rings. The molecule has 1 aliphatic heterocycles. The summed E-state index contributed by atoms with van der Waals surface area (Å²) in [6.45, 7) is 4.23. The summed E-state index contributed by atoms with van der Waals surface area (Å²) in [5, 5.41) is 4.22. The quantitative estimate of drug-likeness (QED) is 0.846. The molecule has 0 saturated carbocycles. The Balaban J connectivity index is 1.56. The maximum Gasteiger partial charge on any atom is 0.119 e. The highest BCUT2D eigenvalue weighted by molar-refractivity contribution is 5.63. The summed E-state index contributed by atoms with van der Waals surface area (Å²) in [6.07, 6.45) is 7.94. The molecular formula is C17H23N3O. The van der Waals surface area contributed by atoms with Gasteiger partial charge in [0.15, 0.2) is 0 Å². The molecular weight excluding hydrogens is 262 g/mol. The largest absolute Gasteiger partial charge is 0.492 e. The van der Waals surface area contributed by atoms with E-state index in [4.69, 9.17) is 4.74 Å². The average Bonchev–Trinajstić information content (AvgIpc) is 2.95. The van der Waals surface area contributed by atoms with Crippen molar-refractivity contribution in [1.82, 2.24) is 14.7 Å². The van der Waals surface area contributed by atoms with Crippen LogP contribution in [0.25, 0.3) is 11.1 Å². The Bertz CT molecular complexity index is 573. The SMILES string of the molecule is Cn1cc(-c2cccc(OCCN3CCCCC3)c2)cn1. The lowest BCUT2D eigenvalue weighted by Gasteiger charge is -2.26. The van der Waals surface area contributed by atoms with Gasteiger partial charge in [0.1, 0.15) is 12.4 Å². The fraction of sp³-hybridized carbons (Fsp3) is 0.471. The average molecular weight is 285 g/mol. The smallest absolute Gasteiger partial charge is 0.119 e. The number of aromatic nitrogens is 2. The Morgan fingerprint density at radius 1 is 1.14 bits per heavy atom. The van der Waals surface area contributed by atoms with Gasteiger partial charge in [0.05, 0.1) is 6.20 Å². The molecule has 21 heavy (non-hydrogen) atoms. The van der Waals surface area contributed by atoms with Crippen LogP contribution >= 0.6 is 0 Å². The molecule has 0 bridgehead atoms. The Labute approximate surface area is 126 Å². The van der Waals surface area contributed by atoms with Gasteiger partial charge in [-0.05, 0) is 43.6 Å². The fourth-order valence-corrected chi connectivity index (χ4v) is 2.81. The molecule has 4 heteroatoms. The number of hydrogen-bond acceptors (Lipinski definition) is 3. The number of aryl methyl sites for hydroxylation is 1. The van der Waals surface area contributed by atoms with Crippen LogP contribution < -0.4 is 4.74 Å². The van der Waals surface area contributed by atoms with E-state index in [0.717, 1.165) is 30.0 Å². The zero-order valence-electron chi connectivity index (χ0n) is 12.7. The third-order valence-corrected chi connectivity index (χ3v) is 4.00. The summed E-state index contributed by atoms with van der Waals surface area (Å²) < 4.78 is 7.73. The highest BCUT2D eigenvalue weighted by Crippen LogP contribution is 2.23. The molecule has 1 aliphatic rings. The molecule has 3 rings (SSSR count). The number of rotatable bonds is 5. The van der Waals surface area contributed by atoms with Gasteiger partial charge in [-0.25, -0.2) is 0 Å². The minimum Gasteiger partial charge on any atom is -0.492 e. The van der Waals surface area contributed by atoms with Gasteiger partial charge in [0.25, 0.3) is 0 Å². The minimum atomic E-state index is 0.760. The molecule has 1 saturated heterocycles. The van der Waals surface area contributed by atoms with Gasteiger partial charge in [0.2, 0.25) is 0 Å². The maximum atomic E-state index is 5.91. The van der Waals surface area contributed by atoms with Gasteiger partial charge in [-0.1, -0.05) is 18.6 Å². The summed E-state index contributed by atoms with van der Waals surface area (Å²) in [4.78, 5) is 2.49. The van der Waals surface area contributed by atoms with E-state index in [0.29, 0.717) is 0 Å². The van der Waals surface area contributed by atoms with Gasteiger partial charge in [-0.3, -0.25) is 9.58 Å². The van der Waals surface area contributed by atoms with Crippen LogP contribution in [0.5, 0.6) is 5.75 Å². The second-order valence-electron chi connectivity index (χ2n) is 5.68. The van der Waals surface area contributed by atoms with Crippen LogP contribution in [-0.2, 0) is 7.05 Å². The normalized spacial score (nSPS) is 16.0. The Morgan fingerprint density at radius 3 is 2.76 bits per heavy atom. The van der Waals surface area contributed by atoms with Crippen molar-refractivity contribution in [3.05, 3.63) is 36.7 Å². The van der Waals surface area contributed by atoms with Crippen LogP contribution in [0, 0.1) is 0 Å². The standard InChI is InChI=1S/C17H23N3O/c1-19-14-16(13-18-19)15-6-5-7-17(12-15)21-11-10-20-8-3-2-4-9-20/h5-7,12-14H,2-4,8-11H2,1H3.